The van der Waals surface area contributed by atoms with Gasteiger partial charge >= 0.3 is 0 Å². The Labute approximate surface area is 122 Å². The van der Waals surface area contributed by atoms with E-state index < -0.39 is 6.10 Å². The normalized spacial score (nSPS) is 23.2. The summed E-state index contributed by atoms with van der Waals surface area (Å²) in [6.07, 6.45) is 2.02. The highest BCUT2D eigenvalue weighted by Gasteiger charge is 2.28. The van der Waals surface area contributed by atoms with Gasteiger partial charge in [-0.1, -0.05) is 11.6 Å². The number of nitrogens with zero attached hydrogens (tertiary/aromatic N) is 2. The first kappa shape index (κ1) is 13.6. The average molecular weight is 293 g/mol. The van der Waals surface area contributed by atoms with Crippen molar-refractivity contribution < 1.29 is 10.2 Å². The third-order valence-electron chi connectivity index (χ3n) is 3.95. The van der Waals surface area contributed by atoms with Gasteiger partial charge in [0.15, 0.2) is 0 Å². The zero-order chi connectivity index (χ0) is 14.1. The lowest BCUT2D eigenvalue weighted by Gasteiger charge is -2.37. The summed E-state index contributed by atoms with van der Waals surface area (Å²) in [6, 6.07) is 7.61. The van der Waals surface area contributed by atoms with Crippen LogP contribution in [-0.2, 0) is 0 Å². The standard InChI is InChI=1S/C15H17ClN2O2/c16-11-1-2-13-12(7-11)14(3-5-17-13)18-6-4-15(20)10(8-18)9-19/h1-3,5,7,10,15,19-20H,4,6,8-9H2. The molecule has 3 rings (SSSR count). The average Bonchev–Trinajstić information content (AvgIpc) is 2.47. The summed E-state index contributed by atoms with van der Waals surface area (Å²) in [6.45, 7) is 1.41. The number of anilines is 1. The number of piperidine rings is 1. The third kappa shape index (κ3) is 2.46. The van der Waals surface area contributed by atoms with Crippen molar-refractivity contribution in [2.75, 3.05) is 24.6 Å². The molecule has 1 aliphatic heterocycles. The molecule has 1 saturated heterocycles. The second-order valence-electron chi connectivity index (χ2n) is 5.24. The molecule has 0 saturated carbocycles. The van der Waals surface area contributed by atoms with Gasteiger partial charge in [-0.05, 0) is 30.7 Å². The minimum Gasteiger partial charge on any atom is -0.396 e. The van der Waals surface area contributed by atoms with Crippen LogP contribution in [0.3, 0.4) is 0 Å². The molecule has 2 heterocycles. The van der Waals surface area contributed by atoms with Gasteiger partial charge in [-0.15, -0.1) is 0 Å². The zero-order valence-corrected chi connectivity index (χ0v) is 11.8. The van der Waals surface area contributed by atoms with Crippen LogP contribution in [0.25, 0.3) is 10.9 Å². The van der Waals surface area contributed by atoms with Gasteiger partial charge in [-0.3, -0.25) is 4.98 Å². The lowest BCUT2D eigenvalue weighted by atomic mass is 9.95. The van der Waals surface area contributed by atoms with E-state index in [1.54, 1.807) is 6.20 Å². The fraction of sp³-hybridized carbons (Fsp3) is 0.400. The van der Waals surface area contributed by atoms with Crippen LogP contribution in [0.1, 0.15) is 6.42 Å². The molecule has 1 aromatic heterocycles. The van der Waals surface area contributed by atoms with E-state index >= 15 is 0 Å². The fourth-order valence-corrected chi connectivity index (χ4v) is 2.97. The molecule has 106 valence electrons. The molecule has 5 heteroatoms. The van der Waals surface area contributed by atoms with E-state index in [1.165, 1.54) is 0 Å². The number of aliphatic hydroxyl groups is 2. The first-order valence-electron chi connectivity index (χ1n) is 6.77. The van der Waals surface area contributed by atoms with E-state index in [2.05, 4.69) is 9.88 Å². The second-order valence-corrected chi connectivity index (χ2v) is 5.67. The lowest BCUT2D eigenvalue weighted by molar-refractivity contribution is 0.0526. The zero-order valence-electron chi connectivity index (χ0n) is 11.0. The number of aliphatic hydroxyl groups excluding tert-OH is 2. The number of pyridine rings is 1. The van der Waals surface area contributed by atoms with Crippen molar-refractivity contribution in [3.05, 3.63) is 35.5 Å². The van der Waals surface area contributed by atoms with Crippen molar-refractivity contribution in [3.8, 4) is 0 Å². The predicted molar refractivity (Wildman–Crippen MR) is 80.2 cm³/mol. The van der Waals surface area contributed by atoms with Gasteiger partial charge in [0, 0.05) is 41.3 Å². The highest BCUT2D eigenvalue weighted by atomic mass is 35.5. The van der Waals surface area contributed by atoms with Crippen LogP contribution in [0.2, 0.25) is 5.02 Å². The Hall–Kier alpha value is -1.36. The predicted octanol–water partition coefficient (Wildman–Crippen LogP) is 2.07. The van der Waals surface area contributed by atoms with Crippen LogP contribution in [0.4, 0.5) is 5.69 Å². The SMILES string of the molecule is OCC1CN(c2ccnc3ccc(Cl)cc23)CCC1O. The first-order chi connectivity index (χ1) is 9.69. The third-order valence-corrected chi connectivity index (χ3v) is 4.18. The molecule has 1 aromatic carbocycles. The molecule has 2 atom stereocenters. The van der Waals surface area contributed by atoms with E-state index in [9.17, 15) is 10.2 Å². The topological polar surface area (TPSA) is 56.6 Å². The summed E-state index contributed by atoms with van der Waals surface area (Å²) in [4.78, 5) is 6.54. The van der Waals surface area contributed by atoms with Gasteiger partial charge < -0.3 is 15.1 Å². The molecule has 20 heavy (non-hydrogen) atoms. The summed E-state index contributed by atoms with van der Waals surface area (Å²) in [5, 5.41) is 20.9. The summed E-state index contributed by atoms with van der Waals surface area (Å²) in [7, 11) is 0. The Morgan fingerprint density at radius 1 is 1.35 bits per heavy atom. The van der Waals surface area contributed by atoms with Gasteiger partial charge in [-0.25, -0.2) is 0 Å². The molecule has 2 aromatic rings. The molecule has 0 bridgehead atoms. The molecule has 4 nitrogen and oxygen atoms in total. The Morgan fingerprint density at radius 3 is 3.00 bits per heavy atom. The lowest BCUT2D eigenvalue weighted by Crippen LogP contribution is -2.44. The maximum absolute atomic E-state index is 9.87. The van der Waals surface area contributed by atoms with Gasteiger partial charge in [-0.2, -0.15) is 0 Å². The van der Waals surface area contributed by atoms with Crippen LogP contribution >= 0.6 is 11.6 Å². The molecular formula is C15H17ClN2O2. The van der Waals surface area contributed by atoms with Crippen molar-refractivity contribution in [1.29, 1.82) is 0 Å². The van der Waals surface area contributed by atoms with Gasteiger partial charge in [0.05, 0.1) is 18.2 Å². The van der Waals surface area contributed by atoms with Crippen LogP contribution in [0, 0.1) is 5.92 Å². The Balaban J connectivity index is 1.99. The molecule has 2 unspecified atom stereocenters. The largest absolute Gasteiger partial charge is 0.396 e. The molecule has 1 aliphatic rings. The van der Waals surface area contributed by atoms with E-state index in [1.807, 2.05) is 24.3 Å². The molecule has 0 radical (unpaired) electrons. The smallest absolute Gasteiger partial charge is 0.0723 e. The minimum absolute atomic E-state index is 0.00143. The minimum atomic E-state index is -0.423. The summed E-state index contributed by atoms with van der Waals surface area (Å²) in [5.74, 6) is -0.105. The van der Waals surface area contributed by atoms with E-state index in [4.69, 9.17) is 11.6 Å². The highest BCUT2D eigenvalue weighted by molar-refractivity contribution is 6.31. The van der Waals surface area contributed by atoms with Crippen LogP contribution in [-0.4, -0.2) is 41.0 Å². The van der Waals surface area contributed by atoms with E-state index in [-0.39, 0.29) is 12.5 Å². The number of hydrogen-bond donors (Lipinski definition) is 2. The number of halogens is 1. The highest BCUT2D eigenvalue weighted by Crippen LogP contribution is 2.31. The van der Waals surface area contributed by atoms with E-state index in [0.717, 1.165) is 23.1 Å². The van der Waals surface area contributed by atoms with Gasteiger partial charge in [0.25, 0.3) is 0 Å². The molecule has 0 aliphatic carbocycles. The van der Waals surface area contributed by atoms with Crippen LogP contribution < -0.4 is 4.90 Å². The number of fused-ring (bicyclic) bond motifs is 1. The summed E-state index contributed by atoms with van der Waals surface area (Å²) >= 11 is 6.08. The molecule has 1 fully saturated rings. The molecule has 0 amide bonds. The van der Waals surface area contributed by atoms with E-state index in [0.29, 0.717) is 18.0 Å². The maximum atomic E-state index is 9.87. The Morgan fingerprint density at radius 2 is 2.20 bits per heavy atom. The van der Waals surface area contributed by atoms with Crippen molar-refractivity contribution >= 4 is 28.2 Å². The quantitative estimate of drug-likeness (QED) is 0.890. The van der Waals surface area contributed by atoms with Crippen LogP contribution in [0.5, 0.6) is 0 Å². The van der Waals surface area contributed by atoms with Gasteiger partial charge in [0.1, 0.15) is 0 Å². The summed E-state index contributed by atoms with van der Waals surface area (Å²) < 4.78 is 0. The van der Waals surface area contributed by atoms with Crippen molar-refractivity contribution in [3.63, 3.8) is 0 Å². The summed E-state index contributed by atoms with van der Waals surface area (Å²) in [5.41, 5.74) is 1.96. The number of rotatable bonds is 2. The fourth-order valence-electron chi connectivity index (χ4n) is 2.80. The number of benzene rings is 1. The second kappa shape index (κ2) is 5.56. The Kier molecular flexibility index (Phi) is 3.78. The van der Waals surface area contributed by atoms with Gasteiger partial charge in [0.2, 0.25) is 0 Å². The van der Waals surface area contributed by atoms with Crippen molar-refractivity contribution in [1.82, 2.24) is 4.98 Å². The maximum Gasteiger partial charge on any atom is 0.0723 e. The molecule has 0 spiro atoms. The monoisotopic (exact) mass is 292 g/mol. The van der Waals surface area contributed by atoms with Crippen LogP contribution in [0.15, 0.2) is 30.5 Å². The number of hydrogen-bond acceptors (Lipinski definition) is 4. The van der Waals surface area contributed by atoms with Crippen molar-refractivity contribution in [2.45, 2.75) is 12.5 Å². The number of aromatic nitrogens is 1. The van der Waals surface area contributed by atoms with Crippen molar-refractivity contribution in [2.24, 2.45) is 5.92 Å². The Bertz CT molecular complexity index is 620. The first-order valence-corrected chi connectivity index (χ1v) is 7.15. The molecular weight excluding hydrogens is 276 g/mol. The molecule has 2 N–H and O–H groups in total.